The Kier molecular flexibility index (Phi) is 5.97. The lowest BCUT2D eigenvalue weighted by Crippen LogP contribution is -2.38. The highest BCUT2D eigenvalue weighted by molar-refractivity contribution is 5.67. The lowest BCUT2D eigenvalue weighted by atomic mass is 10.1. The summed E-state index contributed by atoms with van der Waals surface area (Å²) < 4.78 is 4.71. The van der Waals surface area contributed by atoms with E-state index >= 15 is 0 Å². The van der Waals surface area contributed by atoms with E-state index in [2.05, 4.69) is 11.9 Å². The van der Waals surface area contributed by atoms with E-state index in [9.17, 15) is 4.79 Å². The van der Waals surface area contributed by atoms with Crippen LogP contribution in [0.2, 0.25) is 0 Å². The second-order valence-corrected chi connectivity index (χ2v) is 2.98. The highest BCUT2D eigenvalue weighted by Gasteiger charge is 2.13. The molecule has 0 aliphatic carbocycles. The lowest BCUT2D eigenvalue weighted by molar-refractivity contribution is 0.144. The van der Waals surface area contributed by atoms with E-state index in [1.54, 1.807) is 0 Å². The number of alkyl carbamates (subject to hydrolysis) is 1. The second-order valence-electron chi connectivity index (χ2n) is 2.98. The van der Waals surface area contributed by atoms with Crippen LogP contribution in [-0.4, -0.2) is 30.5 Å². The summed E-state index contributed by atoms with van der Waals surface area (Å²) in [5.41, 5.74) is 0. The van der Waals surface area contributed by atoms with E-state index in [4.69, 9.17) is 9.84 Å². The molecular weight excluding hydrogens is 170 g/mol. The first kappa shape index (κ1) is 12.0. The zero-order chi connectivity index (χ0) is 10.3. The fourth-order valence-electron chi connectivity index (χ4n) is 0.663. The average molecular weight is 187 g/mol. The van der Waals surface area contributed by atoms with Crippen LogP contribution in [0.3, 0.4) is 0 Å². The summed E-state index contributed by atoms with van der Waals surface area (Å²) in [6, 6.07) is -0.0951. The minimum Gasteiger partial charge on any atom is -0.445 e. The van der Waals surface area contributed by atoms with Crippen molar-refractivity contribution >= 4 is 6.09 Å². The van der Waals surface area contributed by atoms with E-state index in [1.807, 2.05) is 13.8 Å². The molecule has 2 unspecified atom stereocenters. The molecular formula is C9H17NO3. The normalized spacial score (nSPS) is 14.4. The van der Waals surface area contributed by atoms with Gasteiger partial charge in [-0.15, -0.1) is 0 Å². The van der Waals surface area contributed by atoms with Crippen LogP contribution in [0.15, 0.2) is 12.7 Å². The van der Waals surface area contributed by atoms with E-state index in [1.165, 1.54) is 6.08 Å². The molecule has 4 nitrogen and oxygen atoms in total. The third-order valence-corrected chi connectivity index (χ3v) is 1.82. The van der Waals surface area contributed by atoms with Crippen LogP contribution >= 0.6 is 0 Å². The van der Waals surface area contributed by atoms with Crippen LogP contribution in [0.1, 0.15) is 13.8 Å². The molecule has 0 aliphatic rings. The van der Waals surface area contributed by atoms with Crippen LogP contribution in [0.25, 0.3) is 0 Å². The summed E-state index contributed by atoms with van der Waals surface area (Å²) in [6.07, 6.45) is 1.02. The van der Waals surface area contributed by atoms with Gasteiger partial charge in [0.1, 0.15) is 6.61 Å². The Hall–Kier alpha value is -1.03. The number of carbonyl (C=O) groups is 1. The van der Waals surface area contributed by atoms with Crippen molar-refractivity contribution in [3.63, 3.8) is 0 Å². The monoisotopic (exact) mass is 187 g/mol. The van der Waals surface area contributed by atoms with Gasteiger partial charge in [-0.1, -0.05) is 19.6 Å². The van der Waals surface area contributed by atoms with Crippen LogP contribution in [0, 0.1) is 5.92 Å². The minimum absolute atomic E-state index is 0.0243. The molecule has 0 heterocycles. The zero-order valence-corrected chi connectivity index (χ0v) is 8.12. The van der Waals surface area contributed by atoms with Gasteiger partial charge in [0, 0.05) is 12.6 Å². The third-order valence-electron chi connectivity index (χ3n) is 1.82. The molecule has 2 atom stereocenters. The SMILES string of the molecule is C=CCOC(=O)NC(C)C(C)CO. The molecule has 1 amide bonds. The van der Waals surface area contributed by atoms with Gasteiger partial charge in [-0.2, -0.15) is 0 Å². The highest BCUT2D eigenvalue weighted by Crippen LogP contribution is 2.00. The maximum atomic E-state index is 11.0. The van der Waals surface area contributed by atoms with Crippen molar-refractivity contribution < 1.29 is 14.6 Å². The van der Waals surface area contributed by atoms with E-state index < -0.39 is 6.09 Å². The highest BCUT2D eigenvalue weighted by atomic mass is 16.5. The number of aliphatic hydroxyl groups excluding tert-OH is 1. The fraction of sp³-hybridized carbons (Fsp3) is 0.667. The predicted molar refractivity (Wildman–Crippen MR) is 50.4 cm³/mol. The molecule has 0 radical (unpaired) electrons. The molecule has 2 N–H and O–H groups in total. The van der Waals surface area contributed by atoms with Crippen LogP contribution in [0.4, 0.5) is 4.79 Å². The Balaban J connectivity index is 3.70. The molecule has 0 aliphatic heterocycles. The first-order chi connectivity index (χ1) is 6.11. The van der Waals surface area contributed by atoms with Crippen molar-refractivity contribution in [2.75, 3.05) is 13.2 Å². The van der Waals surface area contributed by atoms with Gasteiger partial charge in [0.05, 0.1) is 0 Å². The van der Waals surface area contributed by atoms with Crippen LogP contribution in [-0.2, 0) is 4.74 Å². The lowest BCUT2D eigenvalue weighted by Gasteiger charge is -2.18. The van der Waals surface area contributed by atoms with Gasteiger partial charge in [-0.3, -0.25) is 0 Å². The molecule has 76 valence electrons. The van der Waals surface area contributed by atoms with Gasteiger partial charge in [0.15, 0.2) is 0 Å². The van der Waals surface area contributed by atoms with Gasteiger partial charge in [0.2, 0.25) is 0 Å². The molecule has 0 saturated heterocycles. The van der Waals surface area contributed by atoms with Crippen molar-refractivity contribution in [1.82, 2.24) is 5.32 Å². The van der Waals surface area contributed by atoms with Gasteiger partial charge < -0.3 is 15.2 Å². The number of ether oxygens (including phenoxy) is 1. The molecule has 0 aromatic rings. The Morgan fingerprint density at radius 2 is 2.31 bits per heavy atom. The summed E-state index contributed by atoms with van der Waals surface area (Å²) in [5, 5.41) is 11.4. The van der Waals surface area contributed by atoms with Gasteiger partial charge in [0.25, 0.3) is 0 Å². The van der Waals surface area contributed by atoms with Crippen molar-refractivity contribution in [1.29, 1.82) is 0 Å². The molecule has 0 bridgehead atoms. The minimum atomic E-state index is -0.479. The number of hydrogen-bond acceptors (Lipinski definition) is 3. The molecule has 0 aromatic heterocycles. The van der Waals surface area contributed by atoms with Crippen molar-refractivity contribution in [3.05, 3.63) is 12.7 Å². The molecule has 0 fully saturated rings. The Morgan fingerprint density at radius 3 is 2.77 bits per heavy atom. The summed E-state index contributed by atoms with van der Waals surface area (Å²) in [4.78, 5) is 11.0. The topological polar surface area (TPSA) is 58.6 Å². The van der Waals surface area contributed by atoms with E-state index in [0.29, 0.717) is 0 Å². The van der Waals surface area contributed by atoms with Gasteiger partial charge in [-0.05, 0) is 12.8 Å². The largest absolute Gasteiger partial charge is 0.445 e. The van der Waals surface area contributed by atoms with Crippen LogP contribution < -0.4 is 5.32 Å². The number of aliphatic hydroxyl groups is 1. The molecule has 0 saturated carbocycles. The number of rotatable bonds is 5. The average Bonchev–Trinajstić information content (AvgIpc) is 2.13. The fourth-order valence-corrected chi connectivity index (χ4v) is 0.663. The molecule has 13 heavy (non-hydrogen) atoms. The zero-order valence-electron chi connectivity index (χ0n) is 8.12. The molecule has 4 heteroatoms. The first-order valence-electron chi connectivity index (χ1n) is 4.26. The van der Waals surface area contributed by atoms with Crippen LogP contribution in [0.5, 0.6) is 0 Å². The molecule has 0 rings (SSSR count). The smallest absolute Gasteiger partial charge is 0.407 e. The summed E-state index contributed by atoms with van der Waals surface area (Å²) in [6.45, 7) is 7.32. The summed E-state index contributed by atoms with van der Waals surface area (Å²) >= 11 is 0. The van der Waals surface area contributed by atoms with E-state index in [0.717, 1.165) is 0 Å². The van der Waals surface area contributed by atoms with E-state index in [-0.39, 0.29) is 25.2 Å². The third kappa shape index (κ3) is 5.25. The Bertz CT molecular complexity index is 170. The number of hydrogen-bond donors (Lipinski definition) is 2. The molecule has 0 aromatic carbocycles. The first-order valence-corrected chi connectivity index (χ1v) is 4.26. The molecule has 0 spiro atoms. The number of carbonyl (C=O) groups excluding carboxylic acids is 1. The van der Waals surface area contributed by atoms with Gasteiger partial charge in [-0.25, -0.2) is 4.79 Å². The number of nitrogens with one attached hydrogen (secondary N) is 1. The van der Waals surface area contributed by atoms with Crippen molar-refractivity contribution in [2.45, 2.75) is 19.9 Å². The second kappa shape index (κ2) is 6.48. The Morgan fingerprint density at radius 1 is 1.69 bits per heavy atom. The quantitative estimate of drug-likeness (QED) is 0.629. The van der Waals surface area contributed by atoms with Crippen molar-refractivity contribution in [3.8, 4) is 0 Å². The maximum Gasteiger partial charge on any atom is 0.407 e. The van der Waals surface area contributed by atoms with Crippen molar-refractivity contribution in [2.24, 2.45) is 5.92 Å². The standard InChI is InChI=1S/C9H17NO3/c1-4-5-13-9(12)10-8(3)7(2)6-11/h4,7-8,11H,1,5-6H2,2-3H3,(H,10,12). The summed E-state index contributed by atoms with van der Waals surface area (Å²) in [5.74, 6) is 0.0243. The maximum absolute atomic E-state index is 11.0. The predicted octanol–water partition coefficient (Wildman–Crippen LogP) is 0.915. The number of amides is 1. The Labute approximate surface area is 78.6 Å². The van der Waals surface area contributed by atoms with Gasteiger partial charge >= 0.3 is 6.09 Å². The summed E-state index contributed by atoms with van der Waals surface area (Å²) in [7, 11) is 0.